The highest BCUT2D eigenvalue weighted by atomic mass is 35.5. The second-order valence-corrected chi connectivity index (χ2v) is 12.4. The summed E-state index contributed by atoms with van der Waals surface area (Å²) in [5.41, 5.74) is 1.19. The zero-order chi connectivity index (χ0) is 32.0. The summed E-state index contributed by atoms with van der Waals surface area (Å²) in [5.74, 6) is -3.35. The number of rotatable bonds is 8. The van der Waals surface area contributed by atoms with E-state index in [0.29, 0.717) is 45.7 Å². The van der Waals surface area contributed by atoms with Gasteiger partial charge >= 0.3 is 5.97 Å². The number of nitrogens with zero attached hydrogens (tertiary/aromatic N) is 3. The first kappa shape index (κ1) is 30.9. The number of aromatic carboxylic acids is 1. The van der Waals surface area contributed by atoms with E-state index < -0.39 is 29.3 Å². The van der Waals surface area contributed by atoms with E-state index in [9.17, 15) is 14.3 Å². The number of imidazole rings is 1. The van der Waals surface area contributed by atoms with Gasteiger partial charge < -0.3 is 19.1 Å². The molecule has 1 aliphatic heterocycles. The van der Waals surface area contributed by atoms with E-state index in [-0.39, 0.29) is 46.9 Å². The van der Waals surface area contributed by atoms with Crippen LogP contribution in [-0.4, -0.2) is 38.8 Å². The Balaban J connectivity index is 1.33. The second-order valence-electron chi connectivity index (χ2n) is 11.5. The van der Waals surface area contributed by atoms with E-state index in [1.54, 1.807) is 18.2 Å². The number of fused-ring (bicyclic) bond motifs is 1. The van der Waals surface area contributed by atoms with Crippen LogP contribution in [0.25, 0.3) is 22.3 Å². The summed E-state index contributed by atoms with van der Waals surface area (Å²) in [6.45, 7) is 4.73. The average Bonchev–Trinajstić information content (AvgIpc) is 3.52. The number of ether oxygens (including phenoxy) is 2. The molecule has 1 unspecified atom stereocenters. The summed E-state index contributed by atoms with van der Waals surface area (Å²) >= 11 is 12.1. The Bertz CT molecular complexity index is 1960. The van der Waals surface area contributed by atoms with Gasteiger partial charge in [0.2, 0.25) is 0 Å². The first-order valence-corrected chi connectivity index (χ1v) is 14.7. The van der Waals surface area contributed by atoms with Crippen LogP contribution in [0, 0.1) is 22.9 Å². The van der Waals surface area contributed by atoms with Crippen LogP contribution in [0.15, 0.2) is 60.7 Å². The summed E-state index contributed by atoms with van der Waals surface area (Å²) in [6.07, 6.45) is -0.0836. The number of hydrogen-bond acceptors (Lipinski definition) is 5. The summed E-state index contributed by atoms with van der Waals surface area (Å²) in [7, 11) is 0. The summed E-state index contributed by atoms with van der Waals surface area (Å²) in [5, 5.41) is 10.3. The van der Waals surface area contributed by atoms with Crippen molar-refractivity contribution in [3.63, 3.8) is 0 Å². The van der Waals surface area contributed by atoms with Crippen LogP contribution in [0.4, 0.5) is 13.2 Å². The molecule has 1 fully saturated rings. The highest BCUT2D eigenvalue weighted by molar-refractivity contribution is 6.35. The first-order valence-electron chi connectivity index (χ1n) is 13.9. The van der Waals surface area contributed by atoms with Crippen LogP contribution in [0.5, 0.6) is 5.88 Å². The molecule has 3 heterocycles. The molecule has 1 N–H and O–H groups in total. The Morgan fingerprint density at radius 3 is 2.51 bits per heavy atom. The van der Waals surface area contributed by atoms with Gasteiger partial charge in [0.05, 0.1) is 41.5 Å². The van der Waals surface area contributed by atoms with Gasteiger partial charge in [-0.05, 0) is 60.2 Å². The van der Waals surface area contributed by atoms with Crippen LogP contribution in [-0.2, 0) is 17.8 Å². The maximum atomic E-state index is 15.6. The summed E-state index contributed by atoms with van der Waals surface area (Å²) < 4.78 is 58.9. The molecule has 0 bridgehead atoms. The zero-order valence-corrected chi connectivity index (χ0v) is 25.6. The highest BCUT2D eigenvalue weighted by Gasteiger charge is 2.39. The van der Waals surface area contributed by atoms with Gasteiger partial charge in [0.25, 0.3) is 5.88 Å². The van der Waals surface area contributed by atoms with Crippen molar-refractivity contribution in [2.45, 2.75) is 32.9 Å². The van der Waals surface area contributed by atoms with Crippen molar-refractivity contribution in [1.82, 2.24) is 14.5 Å². The van der Waals surface area contributed by atoms with E-state index in [0.717, 1.165) is 18.2 Å². The average molecular weight is 656 g/mol. The largest absolute Gasteiger partial charge is 0.478 e. The summed E-state index contributed by atoms with van der Waals surface area (Å²) in [6, 6.07) is 13.5. The van der Waals surface area contributed by atoms with Gasteiger partial charge in [-0.25, -0.2) is 27.9 Å². The predicted molar refractivity (Wildman–Crippen MR) is 163 cm³/mol. The van der Waals surface area contributed by atoms with Crippen molar-refractivity contribution in [2.24, 2.45) is 5.41 Å². The molecule has 0 saturated carbocycles. The number of hydrogen-bond donors (Lipinski definition) is 1. The third-order valence-corrected chi connectivity index (χ3v) is 8.51. The van der Waals surface area contributed by atoms with Gasteiger partial charge in [-0.2, -0.15) is 0 Å². The van der Waals surface area contributed by atoms with Crippen LogP contribution in [0.2, 0.25) is 10.0 Å². The van der Waals surface area contributed by atoms with Crippen molar-refractivity contribution in [3.05, 3.63) is 111 Å². The summed E-state index contributed by atoms with van der Waals surface area (Å²) in [4.78, 5) is 20.5. The maximum absolute atomic E-state index is 15.6. The molecule has 1 aliphatic rings. The van der Waals surface area contributed by atoms with Gasteiger partial charge in [-0.1, -0.05) is 43.1 Å². The molecular weight excluding hydrogens is 630 g/mol. The SMILES string of the molecule is CC1(C)COCC1n1c(Cc2cc(F)c(-c3ccc(F)c(OCc4ccc(Cl)cc4Cl)n3)cc2F)nc2ccc(C(=O)O)cc21. The van der Waals surface area contributed by atoms with Gasteiger partial charge in [0, 0.05) is 33.0 Å². The van der Waals surface area contributed by atoms with Crippen LogP contribution in [0.3, 0.4) is 0 Å². The Hall–Kier alpha value is -4.12. The fourth-order valence-electron chi connectivity index (χ4n) is 5.48. The fraction of sp³-hybridized carbons (Fsp3) is 0.242. The minimum atomic E-state index is -1.09. The van der Waals surface area contributed by atoms with Gasteiger partial charge in [0.1, 0.15) is 24.1 Å². The predicted octanol–water partition coefficient (Wildman–Crippen LogP) is 8.29. The number of carbonyl (C=O) groups is 1. The van der Waals surface area contributed by atoms with Crippen LogP contribution in [0.1, 0.15) is 47.2 Å². The third-order valence-electron chi connectivity index (χ3n) is 7.93. The number of halogens is 5. The molecule has 0 spiro atoms. The smallest absolute Gasteiger partial charge is 0.335 e. The molecule has 12 heteroatoms. The van der Waals surface area contributed by atoms with Crippen molar-refractivity contribution >= 4 is 40.2 Å². The first-order chi connectivity index (χ1) is 21.4. The molecule has 45 heavy (non-hydrogen) atoms. The number of carboxylic acids is 1. The number of benzene rings is 3. The molecule has 0 amide bonds. The molecule has 2 aromatic heterocycles. The molecule has 0 aliphatic carbocycles. The standard InChI is InChI=1S/C33H26Cl2F3N3O4/c1-33(2)16-44-15-29(33)41-28-10-17(32(42)43)4-7-27(28)39-30(41)11-19-9-25(38)21(13-24(19)37)26-8-6-23(36)31(40-26)45-14-18-3-5-20(34)12-22(18)35/h3-10,12-13,29H,11,14-16H2,1-2H3,(H,42,43). The van der Waals surface area contributed by atoms with Crippen molar-refractivity contribution in [3.8, 4) is 17.1 Å². The van der Waals surface area contributed by atoms with Crippen molar-refractivity contribution < 1.29 is 32.5 Å². The van der Waals surface area contributed by atoms with E-state index in [4.69, 9.17) is 32.7 Å². The van der Waals surface area contributed by atoms with Gasteiger partial charge in [0.15, 0.2) is 5.82 Å². The topological polar surface area (TPSA) is 86.5 Å². The lowest BCUT2D eigenvalue weighted by Gasteiger charge is -2.28. The van der Waals surface area contributed by atoms with Crippen molar-refractivity contribution in [2.75, 3.05) is 13.2 Å². The second kappa shape index (κ2) is 12.0. The molecule has 0 radical (unpaired) electrons. The molecule has 5 aromatic rings. The lowest BCUT2D eigenvalue weighted by Crippen LogP contribution is -2.27. The Kier molecular flexibility index (Phi) is 8.24. The fourth-order valence-corrected chi connectivity index (χ4v) is 5.94. The number of carboxylic acid groups (broad SMARTS) is 1. The Labute approximate surface area is 266 Å². The van der Waals surface area contributed by atoms with E-state index in [1.807, 2.05) is 18.4 Å². The Morgan fingerprint density at radius 2 is 1.80 bits per heavy atom. The van der Waals surface area contributed by atoms with Crippen LogP contribution >= 0.6 is 23.2 Å². The highest BCUT2D eigenvalue weighted by Crippen LogP contribution is 2.41. The minimum Gasteiger partial charge on any atom is -0.478 e. The van der Waals surface area contributed by atoms with E-state index in [1.165, 1.54) is 24.3 Å². The molecule has 1 saturated heterocycles. The number of aromatic nitrogens is 3. The maximum Gasteiger partial charge on any atom is 0.335 e. The lowest BCUT2D eigenvalue weighted by atomic mass is 9.87. The van der Waals surface area contributed by atoms with E-state index in [2.05, 4.69) is 9.97 Å². The zero-order valence-electron chi connectivity index (χ0n) is 24.1. The van der Waals surface area contributed by atoms with E-state index >= 15 is 8.78 Å². The molecule has 7 nitrogen and oxygen atoms in total. The monoisotopic (exact) mass is 655 g/mol. The molecule has 232 valence electrons. The third kappa shape index (κ3) is 6.10. The molecular formula is C33H26Cl2F3N3O4. The Morgan fingerprint density at radius 1 is 1.00 bits per heavy atom. The quantitative estimate of drug-likeness (QED) is 0.181. The van der Waals surface area contributed by atoms with Gasteiger partial charge in [-0.15, -0.1) is 0 Å². The molecule has 3 aromatic carbocycles. The molecule has 1 atom stereocenters. The number of pyridine rings is 1. The minimum absolute atomic E-state index is 0.0268. The van der Waals surface area contributed by atoms with Crippen molar-refractivity contribution in [1.29, 1.82) is 0 Å². The lowest BCUT2D eigenvalue weighted by molar-refractivity contribution is 0.0697. The normalized spacial score (nSPS) is 15.9. The van der Waals surface area contributed by atoms with Crippen LogP contribution < -0.4 is 4.74 Å². The van der Waals surface area contributed by atoms with Gasteiger partial charge in [-0.3, -0.25) is 0 Å². The molecule has 6 rings (SSSR count).